The highest BCUT2D eigenvalue weighted by molar-refractivity contribution is 14.0. The Labute approximate surface area is 176 Å². The Morgan fingerprint density at radius 2 is 2.08 bits per heavy atom. The smallest absolute Gasteiger partial charge is 0.191 e. The number of hydrogen-bond acceptors (Lipinski definition) is 4. The van der Waals surface area contributed by atoms with Crippen LogP contribution < -0.4 is 10.6 Å². The fourth-order valence-corrected chi connectivity index (χ4v) is 3.78. The van der Waals surface area contributed by atoms with E-state index >= 15 is 0 Å². The van der Waals surface area contributed by atoms with Crippen molar-refractivity contribution in [1.82, 2.24) is 25.4 Å². The number of halogens is 1. The minimum Gasteiger partial charge on any atom is -0.357 e. The molecule has 1 aliphatic rings. The number of rotatable bonds is 7. The van der Waals surface area contributed by atoms with Crippen LogP contribution in [0.15, 0.2) is 40.2 Å². The van der Waals surface area contributed by atoms with Crippen molar-refractivity contribution in [1.29, 1.82) is 0 Å². The van der Waals surface area contributed by atoms with Gasteiger partial charge in [0, 0.05) is 36.2 Å². The number of aromatic nitrogens is 3. The second kappa shape index (κ2) is 10.8. The van der Waals surface area contributed by atoms with Crippen LogP contribution in [-0.4, -0.2) is 39.1 Å². The van der Waals surface area contributed by atoms with E-state index in [9.17, 15) is 0 Å². The molecule has 26 heavy (non-hydrogen) atoms. The standard InChI is InChI=1S/C18H26N6S.HI/c1-3-19-18(20-12-14(2)25-15-8-5-4-6-9-15)21-13-17-23-22-16-10-7-11-24(16)17;/h4-6,8-9,14H,3,7,10-13H2,1-2H3,(H2,19,20,21);1H. The third-order valence-electron chi connectivity index (χ3n) is 4.05. The van der Waals surface area contributed by atoms with Gasteiger partial charge in [-0.15, -0.1) is 45.9 Å². The highest BCUT2D eigenvalue weighted by atomic mass is 127. The summed E-state index contributed by atoms with van der Waals surface area (Å²) in [7, 11) is 0. The first kappa shape index (κ1) is 21.0. The van der Waals surface area contributed by atoms with Gasteiger partial charge in [-0.1, -0.05) is 25.1 Å². The number of thioether (sulfide) groups is 1. The molecule has 2 N–H and O–H groups in total. The summed E-state index contributed by atoms with van der Waals surface area (Å²) in [5.74, 6) is 2.88. The Bertz CT molecular complexity index is 703. The molecule has 2 heterocycles. The first-order valence-corrected chi connectivity index (χ1v) is 9.79. The molecular weight excluding hydrogens is 459 g/mol. The predicted molar refractivity (Wildman–Crippen MR) is 118 cm³/mol. The van der Waals surface area contributed by atoms with E-state index in [0.29, 0.717) is 11.8 Å². The predicted octanol–water partition coefficient (Wildman–Crippen LogP) is 3.08. The maximum absolute atomic E-state index is 4.67. The molecule has 2 aromatic rings. The van der Waals surface area contributed by atoms with Crippen LogP contribution in [0, 0.1) is 0 Å². The van der Waals surface area contributed by atoms with Crippen molar-refractivity contribution < 1.29 is 0 Å². The Morgan fingerprint density at radius 3 is 2.85 bits per heavy atom. The number of fused-ring (bicyclic) bond motifs is 1. The second-order valence-electron chi connectivity index (χ2n) is 6.11. The molecule has 3 rings (SSSR count). The lowest BCUT2D eigenvalue weighted by Gasteiger charge is -2.15. The number of guanidine groups is 1. The average Bonchev–Trinajstić information content (AvgIpc) is 3.22. The average molecular weight is 486 g/mol. The zero-order valence-electron chi connectivity index (χ0n) is 15.3. The molecule has 1 unspecified atom stereocenters. The fraction of sp³-hybridized carbons (Fsp3) is 0.500. The van der Waals surface area contributed by atoms with Crippen LogP contribution >= 0.6 is 35.7 Å². The molecule has 0 amide bonds. The highest BCUT2D eigenvalue weighted by Gasteiger charge is 2.16. The summed E-state index contributed by atoms with van der Waals surface area (Å²) in [6.07, 6.45) is 2.19. The molecule has 6 nitrogen and oxygen atoms in total. The van der Waals surface area contributed by atoms with Crippen LogP contribution in [0.25, 0.3) is 0 Å². The first-order valence-electron chi connectivity index (χ1n) is 8.91. The van der Waals surface area contributed by atoms with Gasteiger partial charge in [0.25, 0.3) is 0 Å². The molecule has 1 aromatic carbocycles. The second-order valence-corrected chi connectivity index (χ2v) is 7.62. The highest BCUT2D eigenvalue weighted by Crippen LogP contribution is 2.21. The largest absolute Gasteiger partial charge is 0.357 e. The van der Waals surface area contributed by atoms with E-state index in [1.54, 1.807) is 0 Å². The van der Waals surface area contributed by atoms with Crippen molar-refractivity contribution in [2.24, 2.45) is 4.99 Å². The first-order chi connectivity index (χ1) is 12.3. The molecule has 0 aliphatic carbocycles. The van der Waals surface area contributed by atoms with Crippen LogP contribution in [0.3, 0.4) is 0 Å². The monoisotopic (exact) mass is 486 g/mol. The minimum absolute atomic E-state index is 0. The minimum atomic E-state index is 0. The zero-order valence-corrected chi connectivity index (χ0v) is 18.5. The summed E-state index contributed by atoms with van der Waals surface area (Å²) < 4.78 is 2.20. The van der Waals surface area contributed by atoms with Crippen LogP contribution in [0.2, 0.25) is 0 Å². The summed E-state index contributed by atoms with van der Waals surface area (Å²) in [4.78, 5) is 5.96. The lowest BCUT2D eigenvalue weighted by Crippen LogP contribution is -2.40. The molecule has 0 saturated heterocycles. The summed E-state index contributed by atoms with van der Waals surface area (Å²) in [6.45, 7) is 7.56. The lowest BCUT2D eigenvalue weighted by atomic mass is 10.4. The molecule has 0 fully saturated rings. The van der Waals surface area contributed by atoms with Crippen molar-refractivity contribution in [2.45, 2.75) is 49.9 Å². The summed E-state index contributed by atoms with van der Waals surface area (Å²) in [6, 6.07) is 10.5. The summed E-state index contributed by atoms with van der Waals surface area (Å²) in [5.41, 5.74) is 0. The van der Waals surface area contributed by atoms with E-state index in [-0.39, 0.29) is 24.0 Å². The maximum Gasteiger partial charge on any atom is 0.191 e. The number of aliphatic imine (C=N–C) groups is 1. The van der Waals surface area contributed by atoms with Gasteiger partial charge in [0.1, 0.15) is 12.4 Å². The van der Waals surface area contributed by atoms with E-state index < -0.39 is 0 Å². The van der Waals surface area contributed by atoms with Gasteiger partial charge in [0.15, 0.2) is 11.8 Å². The van der Waals surface area contributed by atoms with Crippen molar-refractivity contribution >= 4 is 41.7 Å². The maximum atomic E-state index is 4.67. The number of aryl methyl sites for hydroxylation is 1. The molecule has 0 saturated carbocycles. The van der Waals surface area contributed by atoms with Crippen molar-refractivity contribution in [3.8, 4) is 0 Å². The van der Waals surface area contributed by atoms with E-state index in [1.807, 2.05) is 17.8 Å². The van der Waals surface area contributed by atoms with Gasteiger partial charge in [-0.2, -0.15) is 0 Å². The van der Waals surface area contributed by atoms with E-state index in [0.717, 1.165) is 50.1 Å². The van der Waals surface area contributed by atoms with Gasteiger partial charge in [-0.05, 0) is 25.5 Å². The molecule has 1 aromatic heterocycles. The third-order valence-corrected chi connectivity index (χ3v) is 5.16. The summed E-state index contributed by atoms with van der Waals surface area (Å²) in [5, 5.41) is 15.7. The van der Waals surface area contributed by atoms with Crippen molar-refractivity contribution in [3.05, 3.63) is 42.0 Å². The number of nitrogens with one attached hydrogen (secondary N) is 2. The van der Waals surface area contributed by atoms with Gasteiger partial charge in [0.2, 0.25) is 0 Å². The zero-order chi connectivity index (χ0) is 17.5. The molecule has 1 atom stereocenters. The Balaban J connectivity index is 0.00000243. The SMILES string of the molecule is CCNC(=NCc1nnc2n1CCC2)NCC(C)Sc1ccccc1.I. The molecule has 8 heteroatoms. The number of benzene rings is 1. The van der Waals surface area contributed by atoms with Gasteiger partial charge in [0.05, 0.1) is 0 Å². The Morgan fingerprint density at radius 1 is 1.27 bits per heavy atom. The Hall–Kier alpha value is -1.29. The van der Waals surface area contributed by atoms with E-state index in [4.69, 9.17) is 0 Å². The van der Waals surface area contributed by atoms with Crippen LogP contribution in [0.1, 0.15) is 31.9 Å². The van der Waals surface area contributed by atoms with Crippen LogP contribution in [0.4, 0.5) is 0 Å². The third kappa shape index (κ3) is 5.87. The number of hydrogen-bond donors (Lipinski definition) is 2. The van der Waals surface area contributed by atoms with Crippen LogP contribution in [-0.2, 0) is 19.5 Å². The van der Waals surface area contributed by atoms with E-state index in [2.05, 4.69) is 68.5 Å². The summed E-state index contributed by atoms with van der Waals surface area (Å²) >= 11 is 1.86. The Kier molecular flexibility index (Phi) is 8.70. The molecule has 1 aliphatic heterocycles. The van der Waals surface area contributed by atoms with Gasteiger partial charge >= 0.3 is 0 Å². The molecule has 0 spiro atoms. The lowest BCUT2D eigenvalue weighted by molar-refractivity contribution is 0.684. The van der Waals surface area contributed by atoms with Crippen molar-refractivity contribution in [3.63, 3.8) is 0 Å². The van der Waals surface area contributed by atoms with Gasteiger partial charge in [-0.25, -0.2) is 4.99 Å². The topological polar surface area (TPSA) is 67.1 Å². The van der Waals surface area contributed by atoms with E-state index in [1.165, 1.54) is 4.90 Å². The van der Waals surface area contributed by atoms with Gasteiger partial charge in [-0.3, -0.25) is 0 Å². The quantitative estimate of drug-likeness (QED) is 0.273. The van der Waals surface area contributed by atoms with Crippen molar-refractivity contribution in [2.75, 3.05) is 13.1 Å². The molecule has 0 bridgehead atoms. The molecule has 142 valence electrons. The molecular formula is C18H27IN6S. The normalized spacial score (nSPS) is 14.5. The molecule has 0 radical (unpaired) electrons. The fourth-order valence-electron chi connectivity index (χ4n) is 2.83. The number of nitrogens with zero attached hydrogens (tertiary/aromatic N) is 4. The van der Waals surface area contributed by atoms with Crippen LogP contribution in [0.5, 0.6) is 0 Å². The van der Waals surface area contributed by atoms with Gasteiger partial charge < -0.3 is 15.2 Å².